The smallest absolute Gasteiger partial charge is 0.127 e. The molecule has 2 aromatic heterocycles. The number of fused-ring (bicyclic) bond motifs is 1. The molecule has 0 fully saturated rings. The summed E-state index contributed by atoms with van der Waals surface area (Å²) in [6.07, 6.45) is 6.79. The predicted molar refractivity (Wildman–Crippen MR) is 94.5 cm³/mol. The van der Waals surface area contributed by atoms with Crippen LogP contribution in [-0.4, -0.2) is 26.0 Å². The fourth-order valence-corrected chi connectivity index (χ4v) is 3.51. The Bertz CT molecular complexity index is 839. The van der Waals surface area contributed by atoms with Gasteiger partial charge >= 0.3 is 0 Å². The van der Waals surface area contributed by atoms with Gasteiger partial charge in [0.05, 0.1) is 6.04 Å². The normalized spacial score (nSPS) is 17.4. The standard InChI is InChI=1S/C20H21FN4/c1-2-19-22-12-15(13-23-19)14-25-11-10-24-9-3-4-18(24)20(25)16-5-7-17(21)8-6-16/h3-9,12-13,20H,2,10-11,14H2,1H3/t20-/m1/s1. The van der Waals surface area contributed by atoms with Crippen molar-refractivity contribution in [3.63, 3.8) is 0 Å². The molecule has 128 valence electrons. The first kappa shape index (κ1) is 16.0. The number of rotatable bonds is 4. The van der Waals surface area contributed by atoms with Crippen molar-refractivity contribution in [2.24, 2.45) is 0 Å². The fourth-order valence-electron chi connectivity index (χ4n) is 3.51. The Kier molecular flexibility index (Phi) is 4.32. The highest BCUT2D eigenvalue weighted by molar-refractivity contribution is 5.30. The number of hydrogen-bond acceptors (Lipinski definition) is 3. The number of benzene rings is 1. The third-order valence-electron chi connectivity index (χ3n) is 4.78. The Morgan fingerprint density at radius 3 is 2.56 bits per heavy atom. The van der Waals surface area contributed by atoms with Crippen molar-refractivity contribution in [1.82, 2.24) is 19.4 Å². The molecule has 1 aliphatic rings. The molecule has 0 saturated carbocycles. The van der Waals surface area contributed by atoms with Gasteiger partial charge < -0.3 is 4.57 Å². The van der Waals surface area contributed by atoms with Crippen LogP contribution in [0.5, 0.6) is 0 Å². The summed E-state index contributed by atoms with van der Waals surface area (Å²) in [7, 11) is 0. The Morgan fingerprint density at radius 1 is 1.08 bits per heavy atom. The van der Waals surface area contributed by atoms with Gasteiger partial charge in [0.1, 0.15) is 11.6 Å². The van der Waals surface area contributed by atoms with Crippen LogP contribution in [0, 0.1) is 5.82 Å². The van der Waals surface area contributed by atoms with Gasteiger partial charge in [-0.3, -0.25) is 4.90 Å². The second-order valence-electron chi connectivity index (χ2n) is 6.41. The first-order valence-corrected chi connectivity index (χ1v) is 8.69. The molecule has 0 N–H and O–H groups in total. The molecule has 0 saturated heterocycles. The van der Waals surface area contributed by atoms with E-state index in [1.165, 1.54) is 17.8 Å². The first-order valence-electron chi connectivity index (χ1n) is 8.69. The lowest BCUT2D eigenvalue weighted by Gasteiger charge is -2.37. The fraction of sp³-hybridized carbons (Fsp3) is 0.300. The Hall–Kier alpha value is -2.53. The zero-order valence-corrected chi connectivity index (χ0v) is 14.3. The molecule has 3 heterocycles. The maximum Gasteiger partial charge on any atom is 0.127 e. The molecule has 1 aliphatic heterocycles. The molecule has 0 unspecified atom stereocenters. The minimum Gasteiger partial charge on any atom is -0.348 e. The van der Waals surface area contributed by atoms with Gasteiger partial charge in [0.15, 0.2) is 0 Å². The second-order valence-corrected chi connectivity index (χ2v) is 6.41. The third-order valence-corrected chi connectivity index (χ3v) is 4.78. The molecule has 0 radical (unpaired) electrons. The summed E-state index contributed by atoms with van der Waals surface area (Å²) in [5.74, 6) is 0.663. The quantitative estimate of drug-likeness (QED) is 0.730. The Morgan fingerprint density at radius 2 is 1.84 bits per heavy atom. The highest BCUT2D eigenvalue weighted by Gasteiger charge is 2.28. The monoisotopic (exact) mass is 336 g/mol. The molecule has 3 aromatic rings. The topological polar surface area (TPSA) is 34.0 Å². The first-order chi connectivity index (χ1) is 12.2. The van der Waals surface area contributed by atoms with Crippen molar-refractivity contribution in [1.29, 1.82) is 0 Å². The zero-order valence-electron chi connectivity index (χ0n) is 14.3. The van der Waals surface area contributed by atoms with Crippen LogP contribution in [0.4, 0.5) is 4.39 Å². The lowest BCUT2D eigenvalue weighted by atomic mass is 9.99. The number of aromatic nitrogens is 3. The van der Waals surface area contributed by atoms with Crippen LogP contribution in [0.2, 0.25) is 0 Å². The van der Waals surface area contributed by atoms with E-state index in [-0.39, 0.29) is 11.9 Å². The van der Waals surface area contributed by atoms with Crippen LogP contribution in [-0.2, 0) is 19.5 Å². The summed E-state index contributed by atoms with van der Waals surface area (Å²) in [6.45, 7) is 4.71. The van der Waals surface area contributed by atoms with E-state index in [1.54, 1.807) is 0 Å². The minimum absolute atomic E-state index is 0.107. The van der Waals surface area contributed by atoms with Crippen LogP contribution in [0.15, 0.2) is 55.0 Å². The molecule has 0 amide bonds. The van der Waals surface area contributed by atoms with Gasteiger partial charge in [0, 0.05) is 55.9 Å². The molecular formula is C20H21FN4. The molecular weight excluding hydrogens is 315 g/mol. The van der Waals surface area contributed by atoms with Crippen LogP contribution in [0.1, 0.15) is 35.6 Å². The van der Waals surface area contributed by atoms with Gasteiger partial charge in [-0.1, -0.05) is 19.1 Å². The number of aryl methyl sites for hydroxylation is 1. The summed E-state index contributed by atoms with van der Waals surface area (Å²) in [5, 5.41) is 0. The van der Waals surface area contributed by atoms with E-state index in [0.29, 0.717) is 0 Å². The maximum atomic E-state index is 13.4. The molecule has 0 aliphatic carbocycles. The van der Waals surface area contributed by atoms with E-state index in [4.69, 9.17) is 0 Å². The van der Waals surface area contributed by atoms with Crippen molar-refractivity contribution in [3.8, 4) is 0 Å². The van der Waals surface area contributed by atoms with E-state index >= 15 is 0 Å². The summed E-state index contributed by atoms with van der Waals surface area (Å²) in [5.41, 5.74) is 3.44. The number of hydrogen-bond donors (Lipinski definition) is 0. The van der Waals surface area contributed by atoms with E-state index in [0.717, 1.165) is 43.0 Å². The minimum atomic E-state index is -0.204. The summed E-state index contributed by atoms with van der Waals surface area (Å²) >= 11 is 0. The molecule has 4 rings (SSSR count). The number of halogens is 1. The van der Waals surface area contributed by atoms with Crippen molar-refractivity contribution in [3.05, 3.63) is 83.5 Å². The average Bonchev–Trinajstić information content (AvgIpc) is 3.12. The molecule has 0 spiro atoms. The van der Waals surface area contributed by atoms with Gasteiger partial charge in [-0.05, 0) is 29.8 Å². The summed E-state index contributed by atoms with van der Waals surface area (Å²) < 4.78 is 15.6. The van der Waals surface area contributed by atoms with Crippen molar-refractivity contribution in [2.75, 3.05) is 6.54 Å². The van der Waals surface area contributed by atoms with Crippen molar-refractivity contribution >= 4 is 0 Å². The lowest BCUT2D eigenvalue weighted by molar-refractivity contribution is 0.174. The molecule has 1 atom stereocenters. The van der Waals surface area contributed by atoms with Crippen LogP contribution in [0.3, 0.4) is 0 Å². The van der Waals surface area contributed by atoms with Crippen LogP contribution in [0.25, 0.3) is 0 Å². The maximum absolute atomic E-state index is 13.4. The molecule has 5 heteroatoms. The average molecular weight is 336 g/mol. The van der Waals surface area contributed by atoms with Gasteiger partial charge in [-0.2, -0.15) is 0 Å². The SMILES string of the molecule is CCc1ncc(CN2CCn3cccc3[C@H]2c2ccc(F)cc2)cn1. The van der Waals surface area contributed by atoms with Crippen LogP contribution < -0.4 is 0 Å². The Labute approximate surface area is 147 Å². The van der Waals surface area contributed by atoms with Gasteiger partial charge in [0.2, 0.25) is 0 Å². The lowest BCUT2D eigenvalue weighted by Crippen LogP contribution is -2.38. The number of nitrogens with zero attached hydrogens (tertiary/aromatic N) is 4. The third kappa shape index (κ3) is 3.20. The van der Waals surface area contributed by atoms with E-state index in [9.17, 15) is 4.39 Å². The highest BCUT2D eigenvalue weighted by atomic mass is 19.1. The van der Waals surface area contributed by atoms with Crippen LogP contribution >= 0.6 is 0 Å². The summed E-state index contributed by atoms with van der Waals surface area (Å²) in [4.78, 5) is 11.2. The largest absolute Gasteiger partial charge is 0.348 e. The predicted octanol–water partition coefficient (Wildman–Crippen LogP) is 3.58. The van der Waals surface area contributed by atoms with E-state index in [1.807, 2.05) is 24.5 Å². The Balaban J connectivity index is 1.66. The molecule has 25 heavy (non-hydrogen) atoms. The molecule has 4 nitrogen and oxygen atoms in total. The highest BCUT2D eigenvalue weighted by Crippen LogP contribution is 2.33. The van der Waals surface area contributed by atoms with Crippen molar-refractivity contribution in [2.45, 2.75) is 32.5 Å². The van der Waals surface area contributed by atoms with Gasteiger partial charge in [-0.15, -0.1) is 0 Å². The van der Waals surface area contributed by atoms with E-state index in [2.05, 4.69) is 44.7 Å². The van der Waals surface area contributed by atoms with Gasteiger partial charge in [-0.25, -0.2) is 14.4 Å². The second kappa shape index (κ2) is 6.76. The summed E-state index contributed by atoms with van der Waals surface area (Å²) in [6, 6.07) is 11.2. The molecule has 0 bridgehead atoms. The zero-order chi connectivity index (χ0) is 17.2. The van der Waals surface area contributed by atoms with Crippen molar-refractivity contribution < 1.29 is 4.39 Å². The van der Waals surface area contributed by atoms with Gasteiger partial charge in [0.25, 0.3) is 0 Å². The molecule has 1 aromatic carbocycles. The van der Waals surface area contributed by atoms with E-state index < -0.39 is 0 Å².